The minimum atomic E-state index is 0.710. The Hall–Kier alpha value is -0.340. The molecule has 1 nitrogen and oxygen atoms in total. The predicted molar refractivity (Wildman–Crippen MR) is 69.7 cm³/mol. The summed E-state index contributed by atoms with van der Waals surface area (Å²) < 4.78 is 0. The number of rotatable bonds is 7. The molecule has 0 fully saturated rings. The second kappa shape index (κ2) is 7.02. The fourth-order valence-corrected chi connectivity index (χ4v) is 2.88. The van der Waals surface area contributed by atoms with Gasteiger partial charge in [-0.1, -0.05) is 20.3 Å². The van der Waals surface area contributed by atoms with E-state index < -0.39 is 0 Å². The van der Waals surface area contributed by atoms with Crippen LogP contribution < -0.4 is 5.32 Å². The maximum Gasteiger partial charge on any atom is 0.00749 e. The van der Waals surface area contributed by atoms with Crippen LogP contribution >= 0.6 is 11.3 Å². The minimum Gasteiger partial charge on any atom is -0.314 e. The van der Waals surface area contributed by atoms with Crippen molar-refractivity contribution in [2.24, 2.45) is 0 Å². The lowest BCUT2D eigenvalue weighted by molar-refractivity contribution is 0.460. The molecule has 1 rings (SSSR count). The fraction of sp³-hybridized carbons (Fsp3) is 0.692. The Morgan fingerprint density at radius 3 is 2.67 bits per heavy atom. The molecule has 86 valence electrons. The summed E-state index contributed by atoms with van der Waals surface area (Å²) in [6, 6.07) is 2.93. The Labute approximate surface area is 97.9 Å². The van der Waals surface area contributed by atoms with Gasteiger partial charge in [-0.25, -0.2) is 0 Å². The van der Waals surface area contributed by atoms with E-state index >= 15 is 0 Å². The van der Waals surface area contributed by atoms with Crippen molar-refractivity contribution >= 4 is 11.3 Å². The summed E-state index contributed by atoms with van der Waals surface area (Å²) in [6.07, 6.45) is 5.10. The molecular weight excluding hydrogens is 202 g/mol. The first-order valence-corrected chi connectivity index (χ1v) is 6.92. The average Bonchev–Trinajstić information content (AvgIpc) is 2.61. The number of nitrogens with one attached hydrogen (secondary N) is 1. The van der Waals surface area contributed by atoms with Crippen molar-refractivity contribution in [1.29, 1.82) is 0 Å². The van der Waals surface area contributed by atoms with E-state index in [9.17, 15) is 0 Å². The van der Waals surface area contributed by atoms with Crippen LogP contribution in [0.3, 0.4) is 0 Å². The van der Waals surface area contributed by atoms with E-state index in [1.165, 1.54) is 31.2 Å². The quantitative estimate of drug-likeness (QED) is 0.745. The summed E-state index contributed by atoms with van der Waals surface area (Å²) in [4.78, 5) is 1.56. The Bertz CT molecular complexity index is 261. The van der Waals surface area contributed by atoms with Crippen molar-refractivity contribution in [3.8, 4) is 0 Å². The first-order chi connectivity index (χ1) is 7.27. The average molecular weight is 225 g/mol. The molecule has 0 aliphatic rings. The zero-order chi connectivity index (χ0) is 11.1. The van der Waals surface area contributed by atoms with Gasteiger partial charge in [-0.3, -0.25) is 0 Å². The Morgan fingerprint density at radius 1 is 1.33 bits per heavy atom. The molecule has 1 unspecified atom stereocenters. The second-order valence-corrected chi connectivity index (χ2v) is 5.11. The summed E-state index contributed by atoms with van der Waals surface area (Å²) >= 11 is 1.90. The lowest BCUT2D eigenvalue weighted by Crippen LogP contribution is -2.29. The summed E-state index contributed by atoms with van der Waals surface area (Å²) in [7, 11) is 0. The number of hydrogen-bond donors (Lipinski definition) is 1. The number of thiophene rings is 1. The standard InChI is InChI=1S/C13H23NS/c1-4-6-12(14-5-2)7-8-13-11(3)9-10-15-13/h9-10,12,14H,4-8H2,1-3H3. The minimum absolute atomic E-state index is 0.710. The molecule has 0 saturated carbocycles. The second-order valence-electron chi connectivity index (χ2n) is 4.11. The smallest absolute Gasteiger partial charge is 0.00749 e. The van der Waals surface area contributed by atoms with Gasteiger partial charge in [-0.05, 0) is 49.7 Å². The van der Waals surface area contributed by atoms with Gasteiger partial charge in [0.2, 0.25) is 0 Å². The van der Waals surface area contributed by atoms with Crippen LogP contribution in [0.15, 0.2) is 11.4 Å². The van der Waals surface area contributed by atoms with Crippen LogP contribution in [0.25, 0.3) is 0 Å². The van der Waals surface area contributed by atoms with E-state index in [-0.39, 0.29) is 0 Å². The maximum atomic E-state index is 3.57. The molecule has 0 bridgehead atoms. The number of hydrogen-bond acceptors (Lipinski definition) is 2. The molecule has 0 aliphatic heterocycles. The third-order valence-corrected chi connectivity index (χ3v) is 3.90. The Morgan fingerprint density at radius 2 is 2.13 bits per heavy atom. The molecule has 0 aromatic carbocycles. The van der Waals surface area contributed by atoms with Crippen LogP contribution in [0.4, 0.5) is 0 Å². The van der Waals surface area contributed by atoms with Crippen LogP contribution in [0.5, 0.6) is 0 Å². The summed E-state index contributed by atoms with van der Waals surface area (Å²) in [5, 5.41) is 5.77. The molecule has 0 saturated heterocycles. The van der Waals surface area contributed by atoms with Gasteiger partial charge in [0.25, 0.3) is 0 Å². The molecule has 1 aromatic rings. The molecule has 1 aromatic heterocycles. The van der Waals surface area contributed by atoms with Crippen LogP contribution in [0.1, 0.15) is 43.6 Å². The molecule has 0 spiro atoms. The zero-order valence-corrected chi connectivity index (χ0v) is 11.0. The first kappa shape index (κ1) is 12.7. The molecule has 0 aliphatic carbocycles. The Kier molecular flexibility index (Phi) is 5.96. The summed E-state index contributed by atoms with van der Waals surface area (Å²) in [6.45, 7) is 7.77. The first-order valence-electron chi connectivity index (χ1n) is 6.04. The van der Waals surface area contributed by atoms with Crippen LogP contribution in [-0.4, -0.2) is 12.6 Å². The highest BCUT2D eigenvalue weighted by Crippen LogP contribution is 2.18. The highest BCUT2D eigenvalue weighted by Gasteiger charge is 2.07. The van der Waals surface area contributed by atoms with Crippen molar-refractivity contribution in [2.45, 2.75) is 52.5 Å². The van der Waals surface area contributed by atoms with E-state index in [4.69, 9.17) is 0 Å². The van der Waals surface area contributed by atoms with Gasteiger partial charge in [0.05, 0.1) is 0 Å². The molecule has 1 N–H and O–H groups in total. The topological polar surface area (TPSA) is 12.0 Å². The van der Waals surface area contributed by atoms with Gasteiger partial charge >= 0.3 is 0 Å². The molecule has 0 amide bonds. The van der Waals surface area contributed by atoms with Gasteiger partial charge in [0.1, 0.15) is 0 Å². The molecule has 15 heavy (non-hydrogen) atoms. The highest BCUT2D eigenvalue weighted by molar-refractivity contribution is 7.10. The molecule has 1 heterocycles. The normalized spacial score (nSPS) is 13.0. The van der Waals surface area contributed by atoms with E-state index in [1.54, 1.807) is 4.88 Å². The van der Waals surface area contributed by atoms with Gasteiger partial charge in [-0.2, -0.15) is 0 Å². The lowest BCUT2D eigenvalue weighted by Gasteiger charge is -2.16. The SMILES string of the molecule is CCCC(CCc1sccc1C)NCC. The zero-order valence-electron chi connectivity index (χ0n) is 10.2. The van der Waals surface area contributed by atoms with Crippen LogP contribution in [0, 0.1) is 6.92 Å². The van der Waals surface area contributed by atoms with Crippen molar-refractivity contribution in [3.05, 3.63) is 21.9 Å². The van der Waals surface area contributed by atoms with Gasteiger partial charge < -0.3 is 5.32 Å². The van der Waals surface area contributed by atoms with Gasteiger partial charge in [0, 0.05) is 10.9 Å². The number of aryl methyl sites for hydroxylation is 2. The summed E-state index contributed by atoms with van der Waals surface area (Å²) in [5.74, 6) is 0. The summed E-state index contributed by atoms with van der Waals surface area (Å²) in [5.41, 5.74) is 1.46. The maximum absolute atomic E-state index is 3.57. The van der Waals surface area contributed by atoms with E-state index in [1.807, 2.05) is 11.3 Å². The van der Waals surface area contributed by atoms with E-state index in [2.05, 4.69) is 37.5 Å². The highest BCUT2D eigenvalue weighted by atomic mass is 32.1. The van der Waals surface area contributed by atoms with Crippen LogP contribution in [0.2, 0.25) is 0 Å². The van der Waals surface area contributed by atoms with Crippen LogP contribution in [-0.2, 0) is 6.42 Å². The van der Waals surface area contributed by atoms with Gasteiger partial charge in [0.15, 0.2) is 0 Å². The van der Waals surface area contributed by atoms with Crippen molar-refractivity contribution in [3.63, 3.8) is 0 Å². The van der Waals surface area contributed by atoms with Gasteiger partial charge in [-0.15, -0.1) is 11.3 Å². The molecule has 2 heteroatoms. The predicted octanol–water partition coefficient (Wildman–Crippen LogP) is 3.77. The van der Waals surface area contributed by atoms with E-state index in [0.717, 1.165) is 6.54 Å². The Balaban J connectivity index is 2.36. The fourth-order valence-electron chi connectivity index (χ4n) is 1.95. The molecular formula is C13H23NS. The lowest BCUT2D eigenvalue weighted by atomic mass is 10.0. The third-order valence-electron chi connectivity index (χ3n) is 2.82. The third kappa shape index (κ3) is 4.35. The van der Waals surface area contributed by atoms with Crippen molar-refractivity contribution < 1.29 is 0 Å². The van der Waals surface area contributed by atoms with E-state index in [0.29, 0.717) is 6.04 Å². The largest absolute Gasteiger partial charge is 0.314 e. The molecule has 0 radical (unpaired) electrons. The molecule has 1 atom stereocenters. The monoisotopic (exact) mass is 225 g/mol. The van der Waals surface area contributed by atoms with Crippen molar-refractivity contribution in [1.82, 2.24) is 5.32 Å². The van der Waals surface area contributed by atoms with Crippen molar-refractivity contribution in [2.75, 3.05) is 6.54 Å².